The standard InChI is InChI=1S/C22H28ClNO6/c1-12-4-9-17-13(2)18(27-20(25)24-15-7-5-14(23)6-8-15)26-19-22(17)16(12)10-11-21(3,28-19)29-30-22/h5-8,12-13,16-19H,4,9-11H2,1-3H3,(H,24,25)/t12-,13-,16+,17+,18-,19-,21-,22-/m1/s1. The predicted molar refractivity (Wildman–Crippen MR) is 108 cm³/mol. The highest BCUT2D eigenvalue weighted by Gasteiger charge is 2.69. The minimum Gasteiger partial charge on any atom is -0.419 e. The van der Waals surface area contributed by atoms with Gasteiger partial charge in [0.15, 0.2) is 11.9 Å². The molecule has 0 radical (unpaired) electrons. The van der Waals surface area contributed by atoms with E-state index in [0.717, 1.165) is 25.7 Å². The van der Waals surface area contributed by atoms with Crippen LogP contribution in [0.15, 0.2) is 24.3 Å². The van der Waals surface area contributed by atoms with E-state index < -0.39 is 30.1 Å². The van der Waals surface area contributed by atoms with Gasteiger partial charge in [-0.2, -0.15) is 0 Å². The van der Waals surface area contributed by atoms with Gasteiger partial charge >= 0.3 is 6.09 Å². The van der Waals surface area contributed by atoms with Crippen LogP contribution in [-0.2, 0) is 24.0 Å². The van der Waals surface area contributed by atoms with Crippen molar-refractivity contribution in [2.45, 2.75) is 70.4 Å². The first-order chi connectivity index (χ1) is 14.3. The van der Waals surface area contributed by atoms with Gasteiger partial charge in [0.2, 0.25) is 12.1 Å². The second-order valence-electron chi connectivity index (χ2n) is 9.31. The van der Waals surface area contributed by atoms with Gasteiger partial charge in [-0.25, -0.2) is 14.6 Å². The highest BCUT2D eigenvalue weighted by molar-refractivity contribution is 6.30. The van der Waals surface area contributed by atoms with E-state index in [4.69, 9.17) is 35.6 Å². The van der Waals surface area contributed by atoms with E-state index in [-0.39, 0.29) is 17.8 Å². The summed E-state index contributed by atoms with van der Waals surface area (Å²) < 4.78 is 18.2. The van der Waals surface area contributed by atoms with Crippen LogP contribution in [0.25, 0.3) is 0 Å². The minimum absolute atomic E-state index is 0.0677. The van der Waals surface area contributed by atoms with Crippen molar-refractivity contribution in [2.75, 3.05) is 5.32 Å². The highest BCUT2D eigenvalue weighted by Crippen LogP contribution is 2.60. The molecule has 164 valence electrons. The van der Waals surface area contributed by atoms with Crippen LogP contribution in [0, 0.1) is 23.7 Å². The van der Waals surface area contributed by atoms with Crippen molar-refractivity contribution in [1.29, 1.82) is 0 Å². The number of fused-ring (bicyclic) bond motifs is 2. The number of carbonyl (C=O) groups is 1. The van der Waals surface area contributed by atoms with Crippen LogP contribution in [0.2, 0.25) is 5.02 Å². The monoisotopic (exact) mass is 437 g/mol. The number of amides is 1. The molecule has 30 heavy (non-hydrogen) atoms. The molecule has 4 aliphatic heterocycles. The predicted octanol–water partition coefficient (Wildman–Crippen LogP) is 5.10. The molecule has 1 aromatic rings. The van der Waals surface area contributed by atoms with E-state index in [2.05, 4.69) is 12.2 Å². The number of anilines is 1. The van der Waals surface area contributed by atoms with Crippen molar-refractivity contribution in [3.05, 3.63) is 29.3 Å². The first-order valence-electron chi connectivity index (χ1n) is 10.7. The van der Waals surface area contributed by atoms with Gasteiger partial charge in [-0.1, -0.05) is 25.4 Å². The summed E-state index contributed by atoms with van der Waals surface area (Å²) in [5.74, 6) is -0.0566. The molecule has 8 atom stereocenters. The molecule has 4 heterocycles. The van der Waals surface area contributed by atoms with Gasteiger partial charge < -0.3 is 14.2 Å². The Bertz CT molecular complexity index is 820. The lowest BCUT2D eigenvalue weighted by Crippen LogP contribution is -2.70. The Kier molecular flexibility index (Phi) is 5.02. The fourth-order valence-electron chi connectivity index (χ4n) is 5.79. The third-order valence-corrected chi connectivity index (χ3v) is 7.66. The summed E-state index contributed by atoms with van der Waals surface area (Å²) in [7, 11) is 0. The van der Waals surface area contributed by atoms with Crippen molar-refractivity contribution >= 4 is 23.4 Å². The molecule has 1 saturated carbocycles. The summed E-state index contributed by atoms with van der Waals surface area (Å²) in [6.45, 7) is 6.19. The summed E-state index contributed by atoms with van der Waals surface area (Å²) in [5, 5.41) is 3.33. The number of halogens is 1. The number of carbonyl (C=O) groups excluding carboxylic acids is 1. The minimum atomic E-state index is -0.853. The van der Waals surface area contributed by atoms with E-state index in [9.17, 15) is 4.79 Å². The van der Waals surface area contributed by atoms with E-state index in [1.807, 2.05) is 13.8 Å². The van der Waals surface area contributed by atoms with Gasteiger partial charge in [0.1, 0.15) is 0 Å². The van der Waals surface area contributed by atoms with Crippen molar-refractivity contribution in [2.24, 2.45) is 23.7 Å². The van der Waals surface area contributed by atoms with Crippen LogP contribution in [0.1, 0.15) is 46.5 Å². The number of hydrogen-bond acceptors (Lipinski definition) is 6. The zero-order valence-electron chi connectivity index (χ0n) is 17.4. The molecule has 0 aromatic heterocycles. The number of benzene rings is 1. The highest BCUT2D eigenvalue weighted by atomic mass is 35.5. The maximum Gasteiger partial charge on any atom is 0.413 e. The maximum absolute atomic E-state index is 12.5. The van der Waals surface area contributed by atoms with Crippen LogP contribution in [-0.4, -0.2) is 30.1 Å². The normalized spacial score (nSPS) is 44.7. The SMILES string of the molecule is C[C@H]1[C@@H](OC(=O)Nc2ccc(Cl)cc2)O[C@@H]2O[C@@]3(C)CC[C@H]4[C@H](C)CC[C@@H]1[C@@]24OO3. The first-order valence-corrected chi connectivity index (χ1v) is 11.1. The molecule has 0 unspecified atom stereocenters. The molecule has 1 aliphatic carbocycles. The molecule has 6 rings (SSSR count). The molecular weight excluding hydrogens is 410 g/mol. The molecule has 1 aromatic carbocycles. The second-order valence-corrected chi connectivity index (χ2v) is 9.75. The van der Waals surface area contributed by atoms with Crippen molar-refractivity contribution in [1.82, 2.24) is 0 Å². The Morgan fingerprint density at radius 2 is 1.90 bits per heavy atom. The largest absolute Gasteiger partial charge is 0.419 e. The smallest absolute Gasteiger partial charge is 0.413 e. The number of hydrogen-bond donors (Lipinski definition) is 1. The topological polar surface area (TPSA) is 75.3 Å². The molecule has 2 bridgehead atoms. The van der Waals surface area contributed by atoms with Crippen molar-refractivity contribution in [3.63, 3.8) is 0 Å². The summed E-state index contributed by atoms with van der Waals surface area (Å²) in [6, 6.07) is 6.85. The van der Waals surface area contributed by atoms with Crippen LogP contribution >= 0.6 is 11.6 Å². The molecule has 1 N–H and O–H groups in total. The zero-order chi connectivity index (χ0) is 21.1. The van der Waals surface area contributed by atoms with Gasteiger partial charge in [-0.05, 0) is 62.3 Å². The first kappa shape index (κ1) is 20.5. The summed E-state index contributed by atoms with van der Waals surface area (Å²) in [4.78, 5) is 24.4. The van der Waals surface area contributed by atoms with Crippen LogP contribution in [0.3, 0.4) is 0 Å². The van der Waals surface area contributed by atoms with Crippen molar-refractivity contribution in [3.8, 4) is 0 Å². The van der Waals surface area contributed by atoms with Gasteiger partial charge in [-0.3, -0.25) is 5.32 Å². The lowest BCUT2D eigenvalue weighted by atomic mass is 9.58. The molecule has 7 nitrogen and oxygen atoms in total. The summed E-state index contributed by atoms with van der Waals surface area (Å²) >= 11 is 5.90. The van der Waals surface area contributed by atoms with Crippen molar-refractivity contribution < 1.29 is 28.8 Å². The summed E-state index contributed by atoms with van der Waals surface area (Å²) in [6.07, 6.45) is 1.79. The quantitative estimate of drug-likeness (QED) is 0.649. The molecule has 5 aliphatic rings. The van der Waals surface area contributed by atoms with Gasteiger partial charge in [0.05, 0.1) is 0 Å². The van der Waals surface area contributed by atoms with E-state index in [1.165, 1.54) is 0 Å². The molecule has 1 spiro atoms. The fraction of sp³-hybridized carbons (Fsp3) is 0.682. The molecular formula is C22H28ClNO6. The van der Waals surface area contributed by atoms with E-state index in [1.54, 1.807) is 24.3 Å². The number of ether oxygens (including phenoxy) is 3. The average Bonchev–Trinajstić information content (AvgIpc) is 2.94. The Morgan fingerprint density at radius 3 is 2.67 bits per heavy atom. The Labute approximate surface area is 181 Å². The van der Waals surface area contributed by atoms with Gasteiger partial charge in [0.25, 0.3) is 0 Å². The van der Waals surface area contributed by atoms with Gasteiger partial charge in [-0.15, -0.1) is 0 Å². The lowest BCUT2D eigenvalue weighted by molar-refractivity contribution is -0.576. The Hall–Kier alpha value is -1.38. The van der Waals surface area contributed by atoms with Crippen LogP contribution in [0.5, 0.6) is 0 Å². The zero-order valence-corrected chi connectivity index (χ0v) is 18.2. The Balaban J connectivity index is 1.37. The molecule has 4 saturated heterocycles. The Morgan fingerprint density at radius 1 is 1.13 bits per heavy atom. The third kappa shape index (κ3) is 3.22. The average molecular weight is 438 g/mol. The summed E-state index contributed by atoms with van der Waals surface area (Å²) in [5.41, 5.74) is -0.0653. The maximum atomic E-state index is 12.5. The van der Waals surface area contributed by atoms with Gasteiger partial charge in [0, 0.05) is 29.0 Å². The lowest BCUT2D eigenvalue weighted by Gasteiger charge is -2.59. The van der Waals surface area contributed by atoms with E-state index in [0.29, 0.717) is 16.6 Å². The molecule has 1 amide bonds. The molecule has 8 heteroatoms. The fourth-order valence-corrected chi connectivity index (χ4v) is 5.92. The van der Waals surface area contributed by atoms with Crippen LogP contribution < -0.4 is 5.32 Å². The second kappa shape index (κ2) is 7.35. The van der Waals surface area contributed by atoms with E-state index >= 15 is 0 Å². The third-order valence-electron chi connectivity index (χ3n) is 7.41. The molecule has 5 fully saturated rings. The number of rotatable bonds is 2. The van der Waals surface area contributed by atoms with Crippen LogP contribution in [0.4, 0.5) is 10.5 Å². The number of nitrogens with one attached hydrogen (secondary N) is 1.